The van der Waals surface area contributed by atoms with Crippen LogP contribution in [0.4, 0.5) is 0 Å². The van der Waals surface area contributed by atoms with E-state index in [1.54, 1.807) is 20.0 Å². The molecule has 0 unspecified atom stereocenters. The molecule has 0 saturated heterocycles. The molecule has 0 N–H and O–H groups in total. The van der Waals surface area contributed by atoms with E-state index in [9.17, 15) is 4.89 Å². The fraction of sp³-hybridized carbons (Fsp3) is 1.00. The van der Waals surface area contributed by atoms with Crippen LogP contribution in [-0.2, 0) is 0 Å². The topological polar surface area (TPSA) is 23.1 Å². The van der Waals surface area contributed by atoms with Gasteiger partial charge in [-0.15, -0.1) is 0 Å². The van der Waals surface area contributed by atoms with Gasteiger partial charge < -0.3 is 4.89 Å². The van der Waals surface area contributed by atoms with Crippen molar-refractivity contribution in [3.63, 3.8) is 0 Å². The summed E-state index contributed by atoms with van der Waals surface area (Å²) in [6, 6.07) is 0. The summed E-state index contributed by atoms with van der Waals surface area (Å²) in [6.45, 7) is 5.23. The monoisotopic (exact) mass is 92.0 g/mol. The van der Waals surface area contributed by atoms with E-state index >= 15 is 0 Å². The van der Waals surface area contributed by atoms with Crippen molar-refractivity contribution >= 4 is 7.49 Å². The molecule has 0 atom stereocenters. The van der Waals surface area contributed by atoms with Crippen LogP contribution in [-0.4, -0.2) is 20.0 Å². The van der Waals surface area contributed by atoms with E-state index in [1.807, 2.05) is 0 Å². The van der Waals surface area contributed by atoms with Crippen molar-refractivity contribution in [3.8, 4) is 0 Å². The average molecular weight is 92.1 g/mol. The standard InChI is InChI=1S/C3H9OP/c1-5(2,3)4/h1-3H3. The minimum Gasteiger partial charge on any atom is -0.680 e. The first kappa shape index (κ1) is 5.39. The molecule has 0 rings (SSSR count). The third kappa shape index (κ3) is 165. The Labute approximate surface area is 33.4 Å². The number of hydrogen-bond donors (Lipinski definition) is 0. The lowest BCUT2D eigenvalue weighted by Crippen LogP contribution is -2.01. The van der Waals surface area contributed by atoms with Gasteiger partial charge in [-0.25, -0.2) is 0 Å². The van der Waals surface area contributed by atoms with E-state index in [1.165, 1.54) is 0 Å². The van der Waals surface area contributed by atoms with Gasteiger partial charge in [-0.2, -0.15) is 0 Å². The molecule has 0 aromatic rings. The first-order valence-electron chi connectivity index (χ1n) is 1.52. The Balaban J connectivity index is 3.02. The zero-order valence-electron chi connectivity index (χ0n) is 3.86. The van der Waals surface area contributed by atoms with Crippen LogP contribution in [0.1, 0.15) is 0 Å². The van der Waals surface area contributed by atoms with Gasteiger partial charge in [0.05, 0.1) is 0 Å². The van der Waals surface area contributed by atoms with Crippen molar-refractivity contribution in [2.75, 3.05) is 20.0 Å². The molecule has 0 heterocycles. The fourth-order valence-electron chi connectivity index (χ4n) is 0. The Morgan fingerprint density at radius 2 is 1.20 bits per heavy atom. The minimum absolute atomic E-state index is 1.64. The number of hydrogen-bond acceptors (Lipinski definition) is 1. The predicted octanol–water partition coefficient (Wildman–Crippen LogP) is 0.169. The van der Waals surface area contributed by atoms with Crippen LogP contribution >= 0.6 is 7.49 Å². The lowest BCUT2D eigenvalue weighted by molar-refractivity contribution is -0.165. The van der Waals surface area contributed by atoms with Crippen LogP contribution in [0.15, 0.2) is 0 Å². The summed E-state index contributed by atoms with van der Waals surface area (Å²) in [5.74, 6) is 0. The zero-order chi connectivity index (χ0) is 4.50. The molecule has 0 amide bonds. The maximum absolute atomic E-state index is 10.2. The summed E-state index contributed by atoms with van der Waals surface area (Å²) in [4.78, 5) is 10.2. The van der Waals surface area contributed by atoms with Gasteiger partial charge in [-0.1, -0.05) is 7.49 Å². The molecule has 0 fully saturated rings. The molecule has 32 valence electrons. The van der Waals surface area contributed by atoms with E-state index < -0.39 is 7.49 Å². The molecule has 1 nitrogen and oxygen atoms in total. The maximum Gasteiger partial charge on any atom is 0.0429 e. The van der Waals surface area contributed by atoms with Crippen molar-refractivity contribution in [2.45, 2.75) is 0 Å². The van der Waals surface area contributed by atoms with Gasteiger partial charge in [-0.05, 0) is 0 Å². The van der Waals surface area contributed by atoms with Crippen molar-refractivity contribution in [3.05, 3.63) is 0 Å². The summed E-state index contributed by atoms with van der Waals surface area (Å²) in [5.41, 5.74) is 0. The summed E-state index contributed by atoms with van der Waals surface area (Å²) in [6.07, 6.45) is 0. The highest BCUT2D eigenvalue weighted by Gasteiger charge is 1.93. The van der Waals surface area contributed by atoms with Crippen LogP contribution in [0.5, 0.6) is 0 Å². The third-order valence-electron chi connectivity index (χ3n) is 0. The predicted molar refractivity (Wildman–Crippen MR) is 24.7 cm³/mol. The lowest BCUT2D eigenvalue weighted by Gasteiger charge is -2.12. The molecule has 0 aliphatic rings. The molecule has 0 bridgehead atoms. The molecular weight excluding hydrogens is 83.0 g/mol. The zero-order valence-corrected chi connectivity index (χ0v) is 4.75. The fourth-order valence-corrected chi connectivity index (χ4v) is 0. The number of rotatable bonds is 0. The van der Waals surface area contributed by atoms with E-state index in [2.05, 4.69) is 0 Å². The third-order valence-corrected chi connectivity index (χ3v) is 0. The summed E-state index contributed by atoms with van der Waals surface area (Å²) >= 11 is 0. The highest BCUT2D eigenvalue weighted by atomic mass is 31.2. The van der Waals surface area contributed by atoms with E-state index in [0.717, 1.165) is 0 Å². The van der Waals surface area contributed by atoms with Gasteiger partial charge in [-0.3, -0.25) is 0 Å². The molecular formula is C3H9OP. The quantitative estimate of drug-likeness (QED) is 0.390. The second-order valence-corrected chi connectivity index (χ2v) is 5.67. The average Bonchev–Trinajstić information content (AvgIpc) is 0.722. The Kier molecular flexibility index (Phi) is 1.33. The normalized spacial score (nSPS) is 12.0. The van der Waals surface area contributed by atoms with Crippen molar-refractivity contribution in [1.82, 2.24) is 0 Å². The molecule has 2 heteroatoms. The molecule has 0 radical (unpaired) electrons. The van der Waals surface area contributed by atoms with Gasteiger partial charge in [0.2, 0.25) is 0 Å². The summed E-state index contributed by atoms with van der Waals surface area (Å²) in [7, 11) is -1.64. The van der Waals surface area contributed by atoms with Gasteiger partial charge in [0.1, 0.15) is 0 Å². The Morgan fingerprint density at radius 1 is 1.20 bits per heavy atom. The molecule has 5 heavy (non-hydrogen) atoms. The molecule has 0 saturated carbocycles. The van der Waals surface area contributed by atoms with Gasteiger partial charge in [0, 0.05) is 20.0 Å². The summed E-state index contributed by atoms with van der Waals surface area (Å²) < 4.78 is 0. The van der Waals surface area contributed by atoms with E-state index in [-0.39, 0.29) is 0 Å². The lowest BCUT2D eigenvalue weighted by atomic mass is 11.9. The molecule has 0 aliphatic heterocycles. The van der Waals surface area contributed by atoms with Crippen molar-refractivity contribution in [2.24, 2.45) is 0 Å². The van der Waals surface area contributed by atoms with Gasteiger partial charge >= 0.3 is 0 Å². The smallest absolute Gasteiger partial charge is 0.0429 e. The van der Waals surface area contributed by atoms with Crippen LogP contribution < -0.4 is 4.89 Å². The second kappa shape index (κ2) is 1.24. The highest BCUT2D eigenvalue weighted by molar-refractivity contribution is 7.66. The first-order chi connectivity index (χ1) is 2.00. The van der Waals surface area contributed by atoms with Crippen LogP contribution in [0.2, 0.25) is 0 Å². The van der Waals surface area contributed by atoms with Crippen molar-refractivity contribution < 1.29 is 4.89 Å². The summed E-state index contributed by atoms with van der Waals surface area (Å²) in [5, 5.41) is 0. The largest absolute Gasteiger partial charge is 0.680 e. The van der Waals surface area contributed by atoms with Gasteiger partial charge in [0.15, 0.2) is 0 Å². The van der Waals surface area contributed by atoms with Gasteiger partial charge in [0.25, 0.3) is 0 Å². The van der Waals surface area contributed by atoms with E-state index in [0.29, 0.717) is 0 Å². The van der Waals surface area contributed by atoms with Crippen LogP contribution in [0.25, 0.3) is 0 Å². The SMILES string of the molecule is C[P+](C)(C)[O-]. The molecule has 0 spiro atoms. The Morgan fingerprint density at radius 3 is 1.20 bits per heavy atom. The molecule has 0 aliphatic carbocycles. The van der Waals surface area contributed by atoms with Crippen LogP contribution in [0.3, 0.4) is 0 Å². The van der Waals surface area contributed by atoms with Crippen molar-refractivity contribution in [1.29, 1.82) is 0 Å². The second-order valence-electron chi connectivity index (χ2n) is 1.89. The minimum atomic E-state index is -1.64. The first-order valence-corrected chi connectivity index (χ1v) is 4.57. The van der Waals surface area contributed by atoms with Crippen LogP contribution in [0, 0.1) is 0 Å². The molecule has 0 aromatic carbocycles. The van der Waals surface area contributed by atoms with E-state index in [4.69, 9.17) is 0 Å². The molecule has 0 aromatic heterocycles. The maximum atomic E-state index is 10.2. The highest BCUT2D eigenvalue weighted by Crippen LogP contribution is 2.33. The Bertz CT molecular complexity index is 22.4. The Hall–Kier alpha value is 0.390.